The number of hydrogen-bond donors (Lipinski definition) is 2. The van der Waals surface area contributed by atoms with E-state index in [4.69, 9.17) is 4.74 Å². The molecule has 0 aliphatic carbocycles. The Balaban J connectivity index is 2.25. The van der Waals surface area contributed by atoms with E-state index in [-0.39, 0.29) is 0 Å². The van der Waals surface area contributed by atoms with Crippen LogP contribution in [-0.2, 0) is 16.0 Å². The molecule has 1 aromatic carbocycles. The molecule has 2 rings (SSSR count). The molecule has 0 unspecified atom stereocenters. The zero-order valence-corrected chi connectivity index (χ0v) is 13.6. The summed E-state index contributed by atoms with van der Waals surface area (Å²) >= 11 is 1.16. The molecule has 0 aliphatic heterocycles. The predicted octanol–water partition coefficient (Wildman–Crippen LogP) is 2.28. The highest BCUT2D eigenvalue weighted by molar-refractivity contribution is 8.02. The maximum absolute atomic E-state index is 12.0. The Labute approximate surface area is 137 Å². The third-order valence-electron chi connectivity index (χ3n) is 3.34. The first kappa shape index (κ1) is 16.9. The van der Waals surface area contributed by atoms with E-state index >= 15 is 0 Å². The molecule has 23 heavy (non-hydrogen) atoms. The van der Waals surface area contributed by atoms with Crippen LogP contribution in [0, 0.1) is 10.1 Å². The molecule has 0 amide bonds. The SMILES string of the molecule is COC(=O)[C@H](Cc1c[nH]c2ccccc12)N/C(=C\[N+](=O)[O-])SC. The number of nitrogens with one attached hydrogen (secondary N) is 2. The lowest BCUT2D eigenvalue weighted by molar-refractivity contribution is -0.403. The monoisotopic (exact) mass is 335 g/mol. The number of methoxy groups -OCH3 is 1. The van der Waals surface area contributed by atoms with E-state index in [1.54, 1.807) is 6.26 Å². The van der Waals surface area contributed by atoms with E-state index in [1.807, 2.05) is 30.5 Å². The van der Waals surface area contributed by atoms with Crippen LogP contribution < -0.4 is 5.32 Å². The van der Waals surface area contributed by atoms with E-state index < -0.39 is 16.9 Å². The number of esters is 1. The summed E-state index contributed by atoms with van der Waals surface area (Å²) in [6, 6.07) is 7.03. The van der Waals surface area contributed by atoms with Crippen LogP contribution >= 0.6 is 11.8 Å². The highest BCUT2D eigenvalue weighted by atomic mass is 32.2. The number of fused-ring (bicyclic) bond motifs is 1. The largest absolute Gasteiger partial charge is 0.467 e. The van der Waals surface area contributed by atoms with Crippen LogP contribution in [0.1, 0.15) is 5.56 Å². The molecule has 2 N–H and O–H groups in total. The van der Waals surface area contributed by atoms with E-state index in [9.17, 15) is 14.9 Å². The number of benzene rings is 1. The smallest absolute Gasteiger partial charge is 0.328 e. The van der Waals surface area contributed by atoms with Gasteiger partial charge in [0.2, 0.25) is 0 Å². The average molecular weight is 335 g/mol. The molecule has 1 aromatic heterocycles. The van der Waals surface area contributed by atoms with Crippen LogP contribution in [0.3, 0.4) is 0 Å². The van der Waals surface area contributed by atoms with Gasteiger partial charge in [-0.05, 0) is 17.9 Å². The van der Waals surface area contributed by atoms with Crippen molar-refractivity contribution in [2.24, 2.45) is 0 Å². The number of hydrogen-bond acceptors (Lipinski definition) is 6. The number of H-pyrrole nitrogens is 1. The van der Waals surface area contributed by atoms with Crippen molar-refractivity contribution in [3.05, 3.63) is 57.4 Å². The number of thioether (sulfide) groups is 1. The normalized spacial score (nSPS) is 12.9. The Hall–Kier alpha value is -2.48. The molecule has 0 saturated carbocycles. The van der Waals surface area contributed by atoms with Crippen LogP contribution in [0.4, 0.5) is 0 Å². The van der Waals surface area contributed by atoms with E-state index in [1.165, 1.54) is 7.11 Å². The summed E-state index contributed by atoms with van der Waals surface area (Å²) < 4.78 is 4.81. The Morgan fingerprint density at radius 1 is 1.52 bits per heavy atom. The van der Waals surface area contributed by atoms with Crippen molar-refractivity contribution < 1.29 is 14.5 Å². The first-order chi connectivity index (χ1) is 11.0. The predicted molar refractivity (Wildman–Crippen MR) is 89.5 cm³/mol. The Bertz CT molecular complexity index is 741. The van der Waals surface area contributed by atoms with Crippen LogP contribution in [0.5, 0.6) is 0 Å². The minimum atomic E-state index is -0.710. The first-order valence-corrected chi connectivity index (χ1v) is 8.06. The van der Waals surface area contributed by atoms with Gasteiger partial charge in [0.1, 0.15) is 11.1 Å². The quantitative estimate of drug-likeness (QED) is 0.458. The third-order valence-corrected chi connectivity index (χ3v) is 4.01. The molecule has 0 spiro atoms. The molecule has 8 heteroatoms. The van der Waals surface area contributed by atoms with Gasteiger partial charge in [0.25, 0.3) is 6.20 Å². The minimum absolute atomic E-state index is 0.297. The van der Waals surface area contributed by atoms with Crippen molar-refractivity contribution in [2.45, 2.75) is 12.5 Å². The topological polar surface area (TPSA) is 97.3 Å². The average Bonchev–Trinajstić information content (AvgIpc) is 2.95. The molecule has 0 aliphatic rings. The van der Waals surface area contributed by atoms with Gasteiger partial charge in [-0.3, -0.25) is 10.1 Å². The number of carbonyl (C=O) groups excluding carboxylic acids is 1. The van der Waals surface area contributed by atoms with Crippen molar-refractivity contribution in [3.63, 3.8) is 0 Å². The number of carbonyl (C=O) groups is 1. The number of rotatable bonds is 7. The minimum Gasteiger partial charge on any atom is -0.467 e. The zero-order valence-electron chi connectivity index (χ0n) is 12.7. The van der Waals surface area contributed by atoms with E-state index in [0.29, 0.717) is 11.4 Å². The van der Waals surface area contributed by atoms with Gasteiger partial charge >= 0.3 is 5.97 Å². The van der Waals surface area contributed by atoms with Gasteiger partial charge in [0.15, 0.2) is 0 Å². The van der Waals surface area contributed by atoms with Crippen LogP contribution in [0.25, 0.3) is 10.9 Å². The molecule has 122 valence electrons. The molecular weight excluding hydrogens is 318 g/mol. The number of aromatic nitrogens is 1. The lowest BCUT2D eigenvalue weighted by atomic mass is 10.1. The number of para-hydroxylation sites is 1. The maximum Gasteiger partial charge on any atom is 0.328 e. The molecule has 2 aromatic rings. The summed E-state index contributed by atoms with van der Waals surface area (Å²) in [5.74, 6) is -0.474. The molecule has 0 saturated heterocycles. The van der Waals surface area contributed by atoms with Gasteiger partial charge in [-0.15, -0.1) is 11.8 Å². The molecule has 0 radical (unpaired) electrons. The molecule has 7 nitrogen and oxygen atoms in total. The van der Waals surface area contributed by atoms with E-state index in [2.05, 4.69) is 10.3 Å². The lowest BCUT2D eigenvalue weighted by Gasteiger charge is -2.17. The fourth-order valence-corrected chi connectivity index (χ4v) is 2.72. The number of aromatic amines is 1. The second-order valence-corrected chi connectivity index (χ2v) is 5.61. The Morgan fingerprint density at radius 3 is 2.91 bits per heavy atom. The summed E-state index contributed by atoms with van der Waals surface area (Å²) in [5, 5.41) is 14.8. The van der Waals surface area contributed by atoms with Crippen LogP contribution in [-0.4, -0.2) is 35.3 Å². The summed E-state index contributed by atoms with van der Waals surface area (Å²) in [4.78, 5) is 25.2. The third kappa shape index (κ3) is 4.26. The van der Waals surface area contributed by atoms with Gasteiger partial charge in [-0.2, -0.15) is 0 Å². The van der Waals surface area contributed by atoms with Crippen molar-refractivity contribution in [2.75, 3.05) is 13.4 Å². The molecule has 1 atom stereocenters. The fraction of sp³-hybridized carbons (Fsp3) is 0.267. The lowest BCUT2D eigenvalue weighted by Crippen LogP contribution is -2.38. The molecule has 1 heterocycles. The fourth-order valence-electron chi connectivity index (χ4n) is 2.27. The first-order valence-electron chi connectivity index (χ1n) is 6.83. The Kier molecular flexibility index (Phi) is 5.64. The van der Waals surface area contributed by atoms with Gasteiger partial charge in [0.05, 0.1) is 12.0 Å². The second-order valence-electron chi connectivity index (χ2n) is 4.77. The van der Waals surface area contributed by atoms with Gasteiger partial charge < -0.3 is 15.0 Å². The van der Waals surface area contributed by atoms with Gasteiger partial charge in [0, 0.05) is 23.5 Å². The maximum atomic E-state index is 12.0. The van der Waals surface area contributed by atoms with Gasteiger partial charge in [-0.25, -0.2) is 4.79 Å². The molecule has 0 bridgehead atoms. The summed E-state index contributed by atoms with van der Waals surface area (Å²) in [7, 11) is 1.29. The number of nitro groups is 1. The van der Waals surface area contributed by atoms with Crippen LogP contribution in [0.2, 0.25) is 0 Å². The highest BCUT2D eigenvalue weighted by Gasteiger charge is 2.22. The molecular formula is C15H17N3O4S. The van der Waals surface area contributed by atoms with Gasteiger partial charge in [-0.1, -0.05) is 18.2 Å². The zero-order chi connectivity index (χ0) is 16.8. The van der Waals surface area contributed by atoms with Crippen molar-refractivity contribution in [1.29, 1.82) is 0 Å². The Morgan fingerprint density at radius 2 is 2.26 bits per heavy atom. The number of nitrogens with zero attached hydrogens (tertiary/aromatic N) is 1. The van der Waals surface area contributed by atoms with Crippen molar-refractivity contribution >= 4 is 28.6 Å². The highest BCUT2D eigenvalue weighted by Crippen LogP contribution is 2.20. The summed E-state index contributed by atoms with van der Waals surface area (Å²) in [6.07, 6.45) is 4.72. The van der Waals surface area contributed by atoms with Crippen molar-refractivity contribution in [1.82, 2.24) is 10.3 Å². The van der Waals surface area contributed by atoms with Crippen LogP contribution in [0.15, 0.2) is 41.7 Å². The van der Waals surface area contributed by atoms with E-state index in [0.717, 1.165) is 34.4 Å². The number of ether oxygens (including phenoxy) is 1. The summed E-state index contributed by atoms with van der Waals surface area (Å²) in [6.45, 7) is 0. The second kappa shape index (κ2) is 7.68. The standard InChI is InChI=1S/C15H17N3O4S/c1-22-15(19)13(17-14(23-2)9-18(20)21)7-10-8-16-12-6-4-3-5-11(10)12/h3-6,8-9,13,16-17H,7H2,1-2H3/b14-9+/t13-/m0/s1. The van der Waals surface area contributed by atoms with Crippen molar-refractivity contribution in [3.8, 4) is 0 Å². The summed E-state index contributed by atoms with van der Waals surface area (Å²) in [5.41, 5.74) is 1.90. The molecule has 0 fully saturated rings.